The molecule has 2 atom stereocenters. The van der Waals surface area contributed by atoms with E-state index < -0.39 is 5.91 Å². The van der Waals surface area contributed by atoms with E-state index in [1.807, 2.05) is 36.4 Å². The van der Waals surface area contributed by atoms with E-state index in [-0.39, 0.29) is 18.0 Å². The Bertz CT molecular complexity index is 1300. The van der Waals surface area contributed by atoms with Crippen LogP contribution in [0.4, 0.5) is 5.69 Å². The molecule has 2 fully saturated rings. The first-order valence-corrected chi connectivity index (χ1v) is 11.9. The first kappa shape index (κ1) is 22.7. The number of likely N-dealkylation sites (tertiary alicyclic amines) is 2. The molecule has 0 bridgehead atoms. The molecule has 35 heavy (non-hydrogen) atoms. The average Bonchev–Trinajstić information content (AvgIpc) is 3.53. The van der Waals surface area contributed by atoms with Crippen molar-refractivity contribution >= 4 is 28.4 Å². The van der Waals surface area contributed by atoms with Crippen molar-refractivity contribution in [3.05, 3.63) is 54.2 Å². The molecule has 9 heteroatoms. The number of nitrogens with one attached hydrogen (secondary N) is 1. The molecular formula is C26H27N7O2. The van der Waals surface area contributed by atoms with E-state index >= 15 is 0 Å². The Morgan fingerprint density at radius 2 is 2.00 bits per heavy atom. The van der Waals surface area contributed by atoms with Gasteiger partial charge in [-0.05, 0) is 55.7 Å². The Kier molecular flexibility index (Phi) is 6.29. The predicted octanol–water partition coefficient (Wildman–Crippen LogP) is 2.40. The average molecular weight is 470 g/mol. The van der Waals surface area contributed by atoms with Gasteiger partial charge in [-0.15, -0.1) is 0 Å². The van der Waals surface area contributed by atoms with Crippen molar-refractivity contribution in [3.63, 3.8) is 0 Å². The van der Waals surface area contributed by atoms with Gasteiger partial charge in [0.1, 0.15) is 6.04 Å². The lowest BCUT2D eigenvalue weighted by Crippen LogP contribution is -2.42. The Hall–Kier alpha value is -4.03. The van der Waals surface area contributed by atoms with Crippen molar-refractivity contribution in [2.45, 2.75) is 31.3 Å². The van der Waals surface area contributed by atoms with Crippen LogP contribution in [-0.2, 0) is 4.79 Å². The van der Waals surface area contributed by atoms with Gasteiger partial charge in [-0.25, -0.2) is 4.98 Å². The molecule has 2 aromatic heterocycles. The molecule has 178 valence electrons. The standard InChI is InChI=1S/C26H27N7O2/c27-14-18-4-3-12-33(18)24(34)16-32-13-10-17(15-32)30-21-8-7-20(26(28)35)25-19(21)6-9-23(31-25)22-5-1-2-11-29-22/h1-2,5-9,11,17-18,30H,3-4,10,12-13,15-16H2,(H2,28,35)/t17-,18-/m0/s1. The van der Waals surface area contributed by atoms with Crippen LogP contribution in [0.1, 0.15) is 29.6 Å². The molecule has 2 aliphatic rings. The number of rotatable bonds is 6. The number of aromatic nitrogens is 2. The summed E-state index contributed by atoms with van der Waals surface area (Å²) in [6, 6.07) is 15.1. The van der Waals surface area contributed by atoms with Crippen LogP contribution in [0, 0.1) is 11.3 Å². The largest absolute Gasteiger partial charge is 0.380 e. The quantitative estimate of drug-likeness (QED) is 0.567. The predicted molar refractivity (Wildman–Crippen MR) is 132 cm³/mol. The highest BCUT2D eigenvalue weighted by Gasteiger charge is 2.31. The zero-order valence-corrected chi connectivity index (χ0v) is 19.4. The first-order valence-electron chi connectivity index (χ1n) is 11.9. The van der Waals surface area contributed by atoms with Crippen LogP contribution in [0.25, 0.3) is 22.3 Å². The van der Waals surface area contributed by atoms with Gasteiger partial charge in [-0.3, -0.25) is 19.5 Å². The summed E-state index contributed by atoms with van der Waals surface area (Å²) in [4.78, 5) is 37.7. The molecular weight excluding hydrogens is 442 g/mol. The van der Waals surface area contributed by atoms with Crippen LogP contribution < -0.4 is 11.1 Å². The second-order valence-electron chi connectivity index (χ2n) is 9.07. The van der Waals surface area contributed by atoms with Crippen molar-refractivity contribution in [2.24, 2.45) is 5.73 Å². The first-order chi connectivity index (χ1) is 17.0. The second kappa shape index (κ2) is 9.68. The molecule has 3 N–H and O–H groups in total. The number of primary amides is 1. The summed E-state index contributed by atoms with van der Waals surface area (Å²) in [5.74, 6) is -0.507. The van der Waals surface area contributed by atoms with Gasteiger partial charge in [-0.1, -0.05) is 6.07 Å². The second-order valence-corrected chi connectivity index (χ2v) is 9.07. The third kappa shape index (κ3) is 4.66. The smallest absolute Gasteiger partial charge is 0.250 e. The van der Waals surface area contributed by atoms with Gasteiger partial charge < -0.3 is 16.0 Å². The molecule has 0 aliphatic carbocycles. The minimum Gasteiger partial charge on any atom is -0.380 e. The fourth-order valence-corrected chi connectivity index (χ4v) is 4.99. The Morgan fingerprint density at radius 3 is 2.77 bits per heavy atom. The van der Waals surface area contributed by atoms with Crippen LogP contribution in [0.5, 0.6) is 0 Å². The summed E-state index contributed by atoms with van der Waals surface area (Å²) in [6.07, 6.45) is 4.23. The summed E-state index contributed by atoms with van der Waals surface area (Å²) in [7, 11) is 0. The fraction of sp³-hybridized carbons (Fsp3) is 0.346. The Balaban J connectivity index is 1.33. The van der Waals surface area contributed by atoms with Crippen molar-refractivity contribution in [1.82, 2.24) is 19.8 Å². The molecule has 2 saturated heterocycles. The molecule has 0 unspecified atom stereocenters. The lowest BCUT2D eigenvalue weighted by Gasteiger charge is -2.23. The lowest BCUT2D eigenvalue weighted by atomic mass is 10.0. The van der Waals surface area contributed by atoms with Gasteiger partial charge in [-0.2, -0.15) is 5.26 Å². The number of pyridine rings is 2. The van der Waals surface area contributed by atoms with Crippen LogP contribution in [-0.4, -0.2) is 69.8 Å². The van der Waals surface area contributed by atoms with E-state index in [4.69, 9.17) is 10.7 Å². The highest BCUT2D eigenvalue weighted by atomic mass is 16.2. The van der Waals surface area contributed by atoms with Gasteiger partial charge in [0.05, 0.1) is 35.1 Å². The SMILES string of the molecule is N#C[C@@H]1CCCN1C(=O)CN1CC[C@H](Nc2ccc(C(N)=O)c3nc(-c4ccccn4)ccc23)C1. The lowest BCUT2D eigenvalue weighted by molar-refractivity contribution is -0.132. The maximum absolute atomic E-state index is 12.7. The molecule has 0 saturated carbocycles. The van der Waals surface area contributed by atoms with Crippen LogP contribution in [0.2, 0.25) is 0 Å². The van der Waals surface area contributed by atoms with E-state index in [0.717, 1.165) is 49.1 Å². The molecule has 3 aromatic rings. The van der Waals surface area contributed by atoms with Crippen molar-refractivity contribution in [3.8, 4) is 17.5 Å². The van der Waals surface area contributed by atoms with Gasteiger partial charge >= 0.3 is 0 Å². The summed E-state index contributed by atoms with van der Waals surface area (Å²) >= 11 is 0. The number of nitrogens with zero attached hydrogens (tertiary/aromatic N) is 5. The number of amides is 2. The van der Waals surface area contributed by atoms with E-state index in [1.165, 1.54) is 0 Å². The Labute approximate surface area is 203 Å². The third-order valence-electron chi connectivity index (χ3n) is 6.76. The molecule has 1 aromatic carbocycles. The number of fused-ring (bicyclic) bond motifs is 1. The molecule has 0 spiro atoms. The zero-order chi connectivity index (χ0) is 24.4. The van der Waals surface area contributed by atoms with Crippen LogP contribution in [0.15, 0.2) is 48.7 Å². The number of benzene rings is 1. The summed E-state index contributed by atoms with van der Waals surface area (Å²) in [6.45, 7) is 2.51. The highest BCUT2D eigenvalue weighted by molar-refractivity contribution is 6.08. The maximum Gasteiger partial charge on any atom is 0.250 e. The topological polar surface area (TPSA) is 128 Å². The van der Waals surface area contributed by atoms with Crippen LogP contribution >= 0.6 is 0 Å². The van der Waals surface area contributed by atoms with Gasteiger partial charge in [0.15, 0.2) is 0 Å². The van der Waals surface area contributed by atoms with Crippen LogP contribution in [0.3, 0.4) is 0 Å². The Morgan fingerprint density at radius 1 is 1.11 bits per heavy atom. The summed E-state index contributed by atoms with van der Waals surface area (Å²) in [5, 5.41) is 13.7. The van der Waals surface area contributed by atoms with E-state index in [2.05, 4.69) is 21.3 Å². The number of nitrogens with two attached hydrogens (primary N) is 1. The number of hydrogen-bond acceptors (Lipinski definition) is 7. The van der Waals surface area contributed by atoms with E-state index in [0.29, 0.717) is 29.9 Å². The van der Waals surface area contributed by atoms with Gasteiger partial charge in [0.25, 0.3) is 5.91 Å². The number of anilines is 1. The number of carbonyl (C=O) groups is 2. The van der Waals surface area contributed by atoms with Crippen molar-refractivity contribution < 1.29 is 9.59 Å². The molecule has 4 heterocycles. The normalized spacial score (nSPS) is 20.1. The molecule has 9 nitrogen and oxygen atoms in total. The number of hydrogen-bond donors (Lipinski definition) is 2. The minimum atomic E-state index is -0.532. The summed E-state index contributed by atoms with van der Waals surface area (Å²) in [5.41, 5.74) is 8.79. The summed E-state index contributed by atoms with van der Waals surface area (Å²) < 4.78 is 0. The monoisotopic (exact) mass is 469 g/mol. The van der Waals surface area contributed by atoms with Crippen molar-refractivity contribution in [1.29, 1.82) is 5.26 Å². The molecule has 0 radical (unpaired) electrons. The van der Waals surface area contributed by atoms with Gasteiger partial charge in [0.2, 0.25) is 5.91 Å². The van der Waals surface area contributed by atoms with E-state index in [9.17, 15) is 14.9 Å². The highest BCUT2D eigenvalue weighted by Crippen LogP contribution is 2.29. The molecule has 2 aliphatic heterocycles. The van der Waals surface area contributed by atoms with E-state index in [1.54, 1.807) is 17.2 Å². The number of nitriles is 1. The van der Waals surface area contributed by atoms with Gasteiger partial charge in [0, 0.05) is 42.9 Å². The van der Waals surface area contributed by atoms with Crippen molar-refractivity contribution in [2.75, 3.05) is 31.5 Å². The molecule has 5 rings (SSSR count). The third-order valence-corrected chi connectivity index (χ3v) is 6.76. The maximum atomic E-state index is 12.7. The number of carbonyl (C=O) groups excluding carboxylic acids is 2. The molecule has 2 amide bonds. The zero-order valence-electron chi connectivity index (χ0n) is 19.4. The minimum absolute atomic E-state index is 0.0252. The fourth-order valence-electron chi connectivity index (χ4n) is 4.99.